The zero-order valence-electron chi connectivity index (χ0n) is 20.7. The highest BCUT2D eigenvalue weighted by Gasteiger charge is 2.35. The second-order valence-electron chi connectivity index (χ2n) is 9.51. The number of alkyl halides is 3. The maximum absolute atomic E-state index is 13.3. The molecular weight excluding hydrogens is 555 g/mol. The lowest BCUT2D eigenvalue weighted by Crippen LogP contribution is -2.43. The molecule has 1 amide bonds. The molecule has 0 unspecified atom stereocenters. The number of ether oxygens (including phenoxy) is 1. The highest BCUT2D eigenvalue weighted by molar-refractivity contribution is 6.33. The molecule has 1 atom stereocenters. The highest BCUT2D eigenvalue weighted by atomic mass is 35.5. The number of para-hydroxylation sites is 1. The average Bonchev–Trinajstić information content (AvgIpc) is 3.25. The van der Waals surface area contributed by atoms with E-state index in [1.54, 1.807) is 10.8 Å². The quantitative estimate of drug-likeness (QED) is 0.294. The number of hydrogen-bond donors (Lipinski definition) is 3. The number of likely N-dealkylation sites (tertiary alicyclic amines) is 1. The van der Waals surface area contributed by atoms with Gasteiger partial charge >= 0.3 is 23.9 Å². The van der Waals surface area contributed by atoms with Gasteiger partial charge in [-0.2, -0.15) is 13.2 Å². The van der Waals surface area contributed by atoms with E-state index in [4.69, 9.17) is 22.1 Å². The van der Waals surface area contributed by atoms with Crippen molar-refractivity contribution >= 4 is 51.3 Å². The van der Waals surface area contributed by atoms with Crippen LogP contribution in [0.1, 0.15) is 30.0 Å². The number of hydrogen-bond acceptors (Lipinski definition) is 6. The van der Waals surface area contributed by atoms with Gasteiger partial charge in [0.15, 0.2) is 0 Å². The van der Waals surface area contributed by atoms with E-state index in [2.05, 4.69) is 9.97 Å². The molecule has 2 aromatic heterocycles. The molecule has 1 saturated heterocycles. The number of aromatic amines is 1. The lowest BCUT2D eigenvalue weighted by molar-refractivity contribution is -0.147. The van der Waals surface area contributed by atoms with Gasteiger partial charge in [0.05, 0.1) is 39.0 Å². The summed E-state index contributed by atoms with van der Waals surface area (Å²) in [6.07, 6.45) is -5.65. The summed E-state index contributed by atoms with van der Waals surface area (Å²) in [5, 5.41) is 10.0. The number of piperidine rings is 1. The van der Waals surface area contributed by atoms with Crippen LogP contribution in [-0.4, -0.2) is 55.8 Å². The summed E-state index contributed by atoms with van der Waals surface area (Å²) < 4.78 is 46.7. The van der Waals surface area contributed by atoms with Crippen molar-refractivity contribution in [2.24, 2.45) is 0 Å². The monoisotopic (exact) mass is 577 g/mol. The number of halogens is 4. The van der Waals surface area contributed by atoms with Crippen molar-refractivity contribution in [3.8, 4) is 0 Å². The molecule has 3 heterocycles. The van der Waals surface area contributed by atoms with E-state index < -0.39 is 47.0 Å². The number of aliphatic carboxylic acids is 1. The first kappa shape index (κ1) is 27.3. The molecule has 0 aliphatic carbocycles. The minimum absolute atomic E-state index is 0.106. The van der Waals surface area contributed by atoms with Gasteiger partial charge in [0, 0.05) is 30.9 Å². The zero-order valence-corrected chi connectivity index (χ0v) is 21.5. The first-order chi connectivity index (χ1) is 18.9. The molecule has 0 spiro atoms. The zero-order chi connectivity index (χ0) is 28.8. The minimum Gasteiger partial charge on any atom is -0.478 e. The number of benzene rings is 2. The number of pyridine rings is 1. The summed E-state index contributed by atoms with van der Waals surface area (Å²) >= 11 is 5.83. The maximum Gasteiger partial charge on any atom is 0.418 e. The van der Waals surface area contributed by atoms with Gasteiger partial charge in [-0.05, 0) is 36.6 Å². The second-order valence-corrected chi connectivity index (χ2v) is 9.91. The molecule has 14 heteroatoms. The van der Waals surface area contributed by atoms with Crippen molar-refractivity contribution in [3.05, 3.63) is 69.2 Å². The van der Waals surface area contributed by atoms with Crippen molar-refractivity contribution in [1.29, 1.82) is 0 Å². The number of fused-ring (bicyclic) bond motifs is 3. The molecule has 0 radical (unpaired) electrons. The van der Waals surface area contributed by atoms with Crippen LogP contribution in [0.15, 0.2) is 47.4 Å². The van der Waals surface area contributed by atoms with Crippen LogP contribution in [0.25, 0.3) is 21.9 Å². The van der Waals surface area contributed by atoms with Crippen molar-refractivity contribution in [3.63, 3.8) is 0 Å². The number of nitrogen functional groups attached to an aromatic ring is 1. The Kier molecular flexibility index (Phi) is 7.08. The third kappa shape index (κ3) is 5.16. The van der Waals surface area contributed by atoms with E-state index in [9.17, 15) is 32.7 Å². The van der Waals surface area contributed by atoms with Crippen LogP contribution < -0.4 is 11.4 Å². The van der Waals surface area contributed by atoms with E-state index in [-0.39, 0.29) is 30.4 Å². The fourth-order valence-corrected chi connectivity index (χ4v) is 5.25. The number of carbonyl (C=O) groups excluding carboxylic acids is 1. The van der Waals surface area contributed by atoms with Gasteiger partial charge in [-0.15, -0.1) is 0 Å². The van der Waals surface area contributed by atoms with Crippen LogP contribution >= 0.6 is 11.6 Å². The number of amides is 1. The van der Waals surface area contributed by atoms with Crippen molar-refractivity contribution < 1.29 is 32.6 Å². The summed E-state index contributed by atoms with van der Waals surface area (Å²) in [4.78, 5) is 46.1. The van der Waals surface area contributed by atoms with Crippen LogP contribution in [-0.2, 0) is 22.1 Å². The number of H-pyrrole nitrogens is 1. The molecule has 2 aromatic carbocycles. The molecule has 4 N–H and O–H groups in total. The molecular formula is C26H23ClF3N5O5. The Morgan fingerprint density at radius 1 is 1.23 bits per heavy atom. The lowest BCUT2D eigenvalue weighted by atomic mass is 10.0. The largest absolute Gasteiger partial charge is 0.478 e. The third-order valence-corrected chi connectivity index (χ3v) is 7.30. The number of carboxylic acid groups (broad SMARTS) is 1. The number of imidazole rings is 1. The summed E-state index contributed by atoms with van der Waals surface area (Å²) in [6, 6.07) is 8.96. The normalized spacial score (nSPS) is 15.4. The van der Waals surface area contributed by atoms with E-state index in [0.29, 0.717) is 29.9 Å². The number of nitrogens with one attached hydrogen (secondary N) is 1. The van der Waals surface area contributed by atoms with Crippen LogP contribution in [0.2, 0.25) is 5.02 Å². The number of nitrogens with zero attached hydrogens (tertiary/aromatic N) is 3. The van der Waals surface area contributed by atoms with Crippen molar-refractivity contribution in [2.45, 2.75) is 37.6 Å². The van der Waals surface area contributed by atoms with Crippen LogP contribution in [0.3, 0.4) is 0 Å². The van der Waals surface area contributed by atoms with Crippen LogP contribution in [0.5, 0.6) is 0 Å². The molecule has 0 bridgehead atoms. The number of aromatic nitrogens is 3. The number of carbonyl (C=O) groups is 2. The Bertz CT molecular complexity index is 1680. The van der Waals surface area contributed by atoms with Gasteiger partial charge in [0.1, 0.15) is 0 Å². The smallest absolute Gasteiger partial charge is 0.418 e. The molecule has 10 nitrogen and oxygen atoms in total. The van der Waals surface area contributed by atoms with E-state index in [1.165, 1.54) is 4.90 Å². The standard InChI is InChI=1S/C26H23ClF3N5O5/c27-17-10-13(9-16(21(17)31)26(28,29)30)11-20(23(36)37)40-25(39)34-7-5-14(6-8-34)35-19-12-32-18-4-2-1-3-15(18)22(19)33-24(35)38/h1-4,9-10,12,14,20H,5-8,11,31H2,(H,33,38)(H,36,37)/t20-/m1/s1. The van der Waals surface area contributed by atoms with Crippen molar-refractivity contribution in [1.82, 2.24) is 19.4 Å². The first-order valence-corrected chi connectivity index (χ1v) is 12.6. The van der Waals surface area contributed by atoms with Gasteiger partial charge in [0.25, 0.3) is 0 Å². The molecule has 40 heavy (non-hydrogen) atoms. The van der Waals surface area contributed by atoms with Crippen molar-refractivity contribution in [2.75, 3.05) is 18.8 Å². The maximum atomic E-state index is 13.3. The molecule has 1 aliphatic heterocycles. The van der Waals surface area contributed by atoms with E-state index in [0.717, 1.165) is 17.0 Å². The highest BCUT2D eigenvalue weighted by Crippen LogP contribution is 2.38. The SMILES string of the molecule is Nc1c(Cl)cc(C[C@@H](OC(=O)N2CCC(n3c(=O)[nH]c4c5ccccc5ncc43)CC2)C(=O)O)cc1C(F)(F)F. The molecule has 1 fully saturated rings. The number of anilines is 1. The van der Waals surface area contributed by atoms with E-state index in [1.807, 2.05) is 24.3 Å². The lowest BCUT2D eigenvalue weighted by Gasteiger charge is -2.32. The number of nitrogens with two attached hydrogens (primary N) is 1. The molecule has 0 saturated carbocycles. The predicted octanol–water partition coefficient (Wildman–Crippen LogP) is 4.60. The minimum atomic E-state index is -4.81. The Morgan fingerprint density at radius 3 is 2.60 bits per heavy atom. The second kappa shape index (κ2) is 10.4. The number of rotatable bonds is 5. The molecule has 4 aromatic rings. The third-order valence-electron chi connectivity index (χ3n) is 6.99. The summed E-state index contributed by atoms with van der Waals surface area (Å²) in [6.45, 7) is 0.337. The van der Waals surface area contributed by atoms with E-state index >= 15 is 0 Å². The van der Waals surface area contributed by atoms with Gasteiger partial charge in [0.2, 0.25) is 6.10 Å². The Labute approximate surface area is 229 Å². The molecule has 5 rings (SSSR count). The van der Waals surface area contributed by atoms with Gasteiger partial charge in [-0.25, -0.2) is 14.4 Å². The molecule has 210 valence electrons. The number of carboxylic acids is 1. The summed E-state index contributed by atoms with van der Waals surface area (Å²) in [7, 11) is 0. The summed E-state index contributed by atoms with van der Waals surface area (Å²) in [5.41, 5.74) is 5.18. The first-order valence-electron chi connectivity index (χ1n) is 12.3. The van der Waals surface area contributed by atoms with Crippen LogP contribution in [0, 0.1) is 0 Å². The van der Waals surface area contributed by atoms with Gasteiger partial charge < -0.3 is 25.5 Å². The average molecular weight is 578 g/mol. The molecule has 1 aliphatic rings. The van der Waals surface area contributed by atoms with Crippen LogP contribution in [0.4, 0.5) is 23.7 Å². The predicted molar refractivity (Wildman–Crippen MR) is 140 cm³/mol. The topological polar surface area (TPSA) is 144 Å². The van der Waals surface area contributed by atoms with Gasteiger partial charge in [-0.1, -0.05) is 29.8 Å². The fourth-order valence-electron chi connectivity index (χ4n) is 5.01. The Hall–Kier alpha value is -4.26. The summed E-state index contributed by atoms with van der Waals surface area (Å²) in [5.74, 6) is -1.53. The Balaban J connectivity index is 1.28. The fraction of sp³-hybridized carbons (Fsp3) is 0.308. The Morgan fingerprint density at radius 2 is 1.93 bits per heavy atom. The van der Waals surface area contributed by atoms with Gasteiger partial charge in [-0.3, -0.25) is 9.55 Å².